The van der Waals surface area contributed by atoms with Crippen molar-refractivity contribution in [2.75, 3.05) is 12.9 Å². The second-order valence-electron chi connectivity index (χ2n) is 6.10. The monoisotopic (exact) mass is 328 g/mol. The first-order chi connectivity index (χ1) is 10.1. The van der Waals surface area contributed by atoms with Crippen molar-refractivity contribution in [3.63, 3.8) is 0 Å². The van der Waals surface area contributed by atoms with Gasteiger partial charge >= 0.3 is 5.97 Å². The van der Waals surface area contributed by atoms with Crippen LogP contribution in [0.5, 0.6) is 5.75 Å². The quantitative estimate of drug-likeness (QED) is 0.751. The lowest BCUT2D eigenvalue weighted by Gasteiger charge is -2.23. The van der Waals surface area contributed by atoms with E-state index in [1.54, 1.807) is 39.8 Å². The number of benzene rings is 1. The molecule has 1 aromatic rings. The van der Waals surface area contributed by atoms with Crippen molar-refractivity contribution in [2.24, 2.45) is 5.92 Å². The molecule has 0 aliphatic heterocycles. The van der Waals surface area contributed by atoms with Gasteiger partial charge in [0.1, 0.15) is 11.4 Å². The van der Waals surface area contributed by atoms with Crippen LogP contribution >= 0.6 is 0 Å². The number of methoxy groups -OCH3 is 1. The zero-order chi connectivity index (χ0) is 17.0. The molecule has 0 aromatic heterocycles. The Morgan fingerprint density at radius 2 is 1.73 bits per heavy atom. The number of hydrogen-bond acceptors (Lipinski definition) is 5. The third-order valence-corrected chi connectivity index (χ3v) is 4.90. The number of carbonyl (C=O) groups is 1. The minimum absolute atomic E-state index is 0.176. The van der Waals surface area contributed by atoms with Crippen molar-refractivity contribution in [3.8, 4) is 5.75 Å². The maximum atomic E-state index is 12.4. The van der Waals surface area contributed by atoms with Crippen LogP contribution in [0.1, 0.15) is 34.1 Å². The Balaban J connectivity index is 2.90. The SMILES string of the molecule is CC[C@H](CS(=O)(=O)c1ccc(OC)cc1)C(=O)OC(C)(C)C. The fourth-order valence-corrected chi connectivity index (χ4v) is 3.53. The fourth-order valence-electron chi connectivity index (χ4n) is 1.88. The Morgan fingerprint density at radius 3 is 2.14 bits per heavy atom. The highest BCUT2D eigenvalue weighted by Gasteiger charge is 2.29. The van der Waals surface area contributed by atoms with E-state index < -0.39 is 27.3 Å². The molecule has 6 heteroatoms. The van der Waals surface area contributed by atoms with E-state index in [0.717, 1.165) is 0 Å². The van der Waals surface area contributed by atoms with Crippen molar-refractivity contribution in [2.45, 2.75) is 44.6 Å². The van der Waals surface area contributed by atoms with Gasteiger partial charge in [0.25, 0.3) is 0 Å². The minimum atomic E-state index is -3.55. The number of carbonyl (C=O) groups excluding carboxylic acids is 1. The lowest BCUT2D eigenvalue weighted by atomic mass is 10.1. The van der Waals surface area contributed by atoms with Gasteiger partial charge in [-0.2, -0.15) is 0 Å². The number of hydrogen-bond donors (Lipinski definition) is 0. The van der Waals surface area contributed by atoms with E-state index in [1.807, 2.05) is 0 Å². The summed E-state index contributed by atoms with van der Waals surface area (Å²) in [5.41, 5.74) is -0.631. The molecule has 0 saturated carbocycles. The summed E-state index contributed by atoms with van der Waals surface area (Å²) < 4.78 is 35.1. The van der Waals surface area contributed by atoms with Gasteiger partial charge in [-0.05, 0) is 51.5 Å². The molecule has 1 rings (SSSR count). The number of esters is 1. The van der Waals surface area contributed by atoms with Crippen molar-refractivity contribution in [3.05, 3.63) is 24.3 Å². The summed E-state index contributed by atoms with van der Waals surface area (Å²) in [6, 6.07) is 6.13. The Labute approximate surface area is 132 Å². The molecule has 0 bridgehead atoms. The van der Waals surface area contributed by atoms with Crippen LogP contribution in [0, 0.1) is 5.92 Å². The van der Waals surface area contributed by atoms with E-state index in [0.29, 0.717) is 12.2 Å². The molecule has 0 radical (unpaired) electrons. The fraction of sp³-hybridized carbons (Fsp3) is 0.562. The topological polar surface area (TPSA) is 69.7 Å². The van der Waals surface area contributed by atoms with Crippen LogP contribution in [-0.4, -0.2) is 32.9 Å². The first-order valence-electron chi connectivity index (χ1n) is 7.18. The predicted molar refractivity (Wildman–Crippen MR) is 84.7 cm³/mol. The van der Waals surface area contributed by atoms with E-state index in [4.69, 9.17) is 9.47 Å². The van der Waals surface area contributed by atoms with E-state index in [-0.39, 0.29) is 10.6 Å². The van der Waals surface area contributed by atoms with Gasteiger partial charge in [0.05, 0.1) is 23.7 Å². The molecule has 0 saturated heterocycles. The molecule has 0 unspecified atom stereocenters. The summed E-state index contributed by atoms with van der Waals surface area (Å²) in [5, 5.41) is 0. The lowest BCUT2D eigenvalue weighted by Crippen LogP contribution is -2.32. The maximum absolute atomic E-state index is 12.4. The highest BCUT2D eigenvalue weighted by molar-refractivity contribution is 7.91. The zero-order valence-corrected chi connectivity index (χ0v) is 14.6. The van der Waals surface area contributed by atoms with E-state index >= 15 is 0 Å². The molecule has 5 nitrogen and oxygen atoms in total. The number of ether oxygens (including phenoxy) is 2. The lowest BCUT2D eigenvalue weighted by molar-refractivity contribution is -0.159. The van der Waals surface area contributed by atoms with Crippen LogP contribution in [0.15, 0.2) is 29.2 Å². The zero-order valence-electron chi connectivity index (χ0n) is 13.8. The Morgan fingerprint density at radius 1 is 1.18 bits per heavy atom. The van der Waals surface area contributed by atoms with E-state index in [9.17, 15) is 13.2 Å². The van der Waals surface area contributed by atoms with Crippen LogP contribution in [0.4, 0.5) is 0 Å². The van der Waals surface area contributed by atoms with Gasteiger partial charge < -0.3 is 9.47 Å². The van der Waals surface area contributed by atoms with Gasteiger partial charge in [0, 0.05) is 0 Å². The Bertz CT molecular complexity index is 596. The number of rotatable bonds is 6. The first-order valence-corrected chi connectivity index (χ1v) is 8.84. The van der Waals surface area contributed by atoms with Gasteiger partial charge in [0.15, 0.2) is 9.84 Å². The van der Waals surface area contributed by atoms with Crippen LogP contribution in [-0.2, 0) is 19.4 Å². The molecular formula is C16H24O5S. The van der Waals surface area contributed by atoms with Crippen molar-refractivity contribution < 1.29 is 22.7 Å². The third-order valence-electron chi connectivity index (χ3n) is 3.07. The summed E-state index contributed by atoms with van der Waals surface area (Å²) in [6.07, 6.45) is 0.407. The molecule has 0 aliphatic carbocycles. The third kappa shape index (κ3) is 5.33. The normalized spacial score (nSPS) is 13.5. The van der Waals surface area contributed by atoms with Crippen LogP contribution in [0.2, 0.25) is 0 Å². The minimum Gasteiger partial charge on any atom is -0.497 e. The smallest absolute Gasteiger partial charge is 0.310 e. The highest BCUT2D eigenvalue weighted by Crippen LogP contribution is 2.21. The maximum Gasteiger partial charge on any atom is 0.310 e. The molecule has 0 spiro atoms. The van der Waals surface area contributed by atoms with Crippen molar-refractivity contribution in [1.82, 2.24) is 0 Å². The van der Waals surface area contributed by atoms with Gasteiger partial charge in [0.2, 0.25) is 0 Å². The summed E-state index contributed by atoms with van der Waals surface area (Å²) in [7, 11) is -2.04. The average molecular weight is 328 g/mol. The first kappa shape index (κ1) is 18.5. The summed E-state index contributed by atoms with van der Waals surface area (Å²) >= 11 is 0. The second kappa shape index (κ2) is 7.13. The van der Waals surface area contributed by atoms with E-state index in [1.165, 1.54) is 19.2 Å². The molecule has 0 aliphatic rings. The molecular weight excluding hydrogens is 304 g/mol. The second-order valence-corrected chi connectivity index (χ2v) is 8.13. The summed E-state index contributed by atoms with van der Waals surface area (Å²) in [5.74, 6) is -0.832. The van der Waals surface area contributed by atoms with Crippen LogP contribution in [0.25, 0.3) is 0 Å². The predicted octanol–water partition coefficient (Wildman–Crippen LogP) is 2.84. The van der Waals surface area contributed by atoms with Crippen molar-refractivity contribution in [1.29, 1.82) is 0 Å². The average Bonchev–Trinajstić information content (AvgIpc) is 2.43. The van der Waals surface area contributed by atoms with Gasteiger partial charge in [-0.1, -0.05) is 6.92 Å². The molecule has 0 fully saturated rings. The van der Waals surface area contributed by atoms with Gasteiger partial charge in [-0.25, -0.2) is 8.42 Å². The highest BCUT2D eigenvalue weighted by atomic mass is 32.2. The van der Waals surface area contributed by atoms with Crippen LogP contribution < -0.4 is 4.74 Å². The summed E-state index contributed by atoms with van der Waals surface area (Å²) in [6.45, 7) is 7.05. The largest absolute Gasteiger partial charge is 0.497 e. The molecule has 0 N–H and O–H groups in total. The van der Waals surface area contributed by atoms with Gasteiger partial charge in [-0.3, -0.25) is 4.79 Å². The molecule has 124 valence electrons. The Hall–Kier alpha value is -1.56. The molecule has 0 amide bonds. The number of sulfone groups is 1. The van der Waals surface area contributed by atoms with Crippen molar-refractivity contribution >= 4 is 15.8 Å². The molecule has 22 heavy (non-hydrogen) atoms. The summed E-state index contributed by atoms with van der Waals surface area (Å²) in [4.78, 5) is 12.3. The molecule has 1 atom stereocenters. The standard InChI is InChI=1S/C16H24O5S/c1-6-12(15(17)21-16(2,3)4)11-22(18,19)14-9-7-13(20-5)8-10-14/h7-10,12H,6,11H2,1-5H3/t12-/m1/s1. The van der Waals surface area contributed by atoms with Gasteiger partial charge in [-0.15, -0.1) is 0 Å². The Kier molecular flexibility index (Phi) is 6.00. The van der Waals surface area contributed by atoms with Crippen LogP contribution in [0.3, 0.4) is 0 Å². The molecule has 1 aromatic carbocycles. The molecule has 0 heterocycles. The van der Waals surface area contributed by atoms with E-state index in [2.05, 4.69) is 0 Å².